The summed E-state index contributed by atoms with van der Waals surface area (Å²) in [7, 11) is 0. The van der Waals surface area contributed by atoms with Crippen molar-refractivity contribution in [2.24, 2.45) is 0 Å². The molecule has 0 N–H and O–H groups in total. The van der Waals surface area contributed by atoms with Gasteiger partial charge in [0.1, 0.15) is 0 Å². The van der Waals surface area contributed by atoms with Gasteiger partial charge in [-0.25, -0.2) is 9.97 Å². The van der Waals surface area contributed by atoms with Crippen molar-refractivity contribution in [3.63, 3.8) is 0 Å². The Kier molecular flexibility index (Phi) is 10.6. The molecule has 0 bridgehead atoms. The molecule has 0 amide bonds. The molecule has 358 valence electrons. The average Bonchev–Trinajstić information content (AvgIpc) is 3.87. The van der Waals surface area contributed by atoms with Crippen molar-refractivity contribution in [1.29, 1.82) is 0 Å². The molecule has 0 saturated carbocycles. The second kappa shape index (κ2) is 16.6. The predicted octanol–water partition coefficient (Wildman–Crippen LogP) is 17.4. The number of hydrogen-bond acceptors (Lipinski definition) is 2. The molecule has 16 heteroatoms. The minimum atomic E-state index is -4.87. The van der Waals surface area contributed by atoms with Crippen LogP contribution >= 0.6 is 0 Å². The normalized spacial score (nSPS) is 12.7. The third-order valence-electron chi connectivity index (χ3n) is 12.6. The SMILES string of the molecule is FC(F)(F)c1ccc2c(c1)c1cc(C(F)(F)F)ccc1n2-c1ccccc1-c1cc(-c2nc(-c3ccccc3)cc(-c3ccccc3)n2)ccc1-n1c2ccc(C(F)(F)F)cc2c2cc(C(F)(F)F)ccc21. The van der Waals surface area contributed by atoms with Gasteiger partial charge in [0.15, 0.2) is 5.82 Å². The Labute approximate surface area is 399 Å². The zero-order valence-electron chi connectivity index (χ0n) is 36.6. The summed E-state index contributed by atoms with van der Waals surface area (Å²) in [6.45, 7) is 0. The average molecular weight is 987 g/mol. The summed E-state index contributed by atoms with van der Waals surface area (Å²) in [6.07, 6.45) is -19.5. The van der Waals surface area contributed by atoms with Gasteiger partial charge in [0.25, 0.3) is 0 Å². The number of benzene rings is 8. The van der Waals surface area contributed by atoms with Crippen LogP contribution in [0.25, 0.3) is 100 Å². The van der Waals surface area contributed by atoms with Gasteiger partial charge in [-0.1, -0.05) is 78.9 Å². The lowest BCUT2D eigenvalue weighted by Crippen LogP contribution is -2.05. The van der Waals surface area contributed by atoms with Crippen molar-refractivity contribution < 1.29 is 52.7 Å². The Morgan fingerprint density at radius 1 is 0.292 bits per heavy atom. The summed E-state index contributed by atoms with van der Waals surface area (Å²) in [5.74, 6) is 0.212. The lowest BCUT2D eigenvalue weighted by atomic mass is 9.97. The number of aromatic nitrogens is 4. The van der Waals surface area contributed by atoms with Crippen LogP contribution in [0.2, 0.25) is 0 Å². The van der Waals surface area contributed by atoms with Crippen molar-refractivity contribution in [3.05, 3.63) is 204 Å². The summed E-state index contributed by atoms with van der Waals surface area (Å²) in [4.78, 5) is 9.96. The zero-order chi connectivity index (χ0) is 50.5. The van der Waals surface area contributed by atoms with Crippen LogP contribution < -0.4 is 0 Å². The van der Waals surface area contributed by atoms with E-state index in [4.69, 9.17) is 9.97 Å². The fourth-order valence-corrected chi connectivity index (χ4v) is 9.34. The first-order valence-corrected chi connectivity index (χ1v) is 21.9. The van der Waals surface area contributed by atoms with E-state index >= 15 is 0 Å². The van der Waals surface area contributed by atoms with Gasteiger partial charge < -0.3 is 9.13 Å². The number of fused-ring (bicyclic) bond motifs is 6. The van der Waals surface area contributed by atoms with Crippen LogP contribution in [0, 0.1) is 0 Å². The Bertz CT molecular complexity index is 3720. The molecule has 11 rings (SSSR count). The van der Waals surface area contributed by atoms with E-state index in [2.05, 4.69) is 0 Å². The molecular weight excluding hydrogens is 957 g/mol. The lowest BCUT2D eigenvalue weighted by Gasteiger charge is -2.20. The molecule has 72 heavy (non-hydrogen) atoms. The van der Waals surface area contributed by atoms with Crippen LogP contribution in [0.1, 0.15) is 22.3 Å². The summed E-state index contributed by atoms with van der Waals surface area (Å²) < 4.78 is 175. The molecule has 4 nitrogen and oxygen atoms in total. The highest BCUT2D eigenvalue weighted by atomic mass is 19.4. The van der Waals surface area contributed by atoms with Gasteiger partial charge in [-0.15, -0.1) is 0 Å². The number of rotatable bonds is 6. The molecule has 0 aliphatic carbocycles. The Hall–Kier alpha value is -8.40. The molecule has 8 aromatic carbocycles. The van der Waals surface area contributed by atoms with Gasteiger partial charge in [-0.05, 0) is 103 Å². The van der Waals surface area contributed by atoms with Crippen LogP contribution in [0.3, 0.4) is 0 Å². The van der Waals surface area contributed by atoms with Gasteiger partial charge in [-0.3, -0.25) is 0 Å². The molecule has 11 aromatic rings. The highest BCUT2D eigenvalue weighted by Crippen LogP contribution is 2.46. The monoisotopic (exact) mass is 986 g/mol. The van der Waals surface area contributed by atoms with Gasteiger partial charge in [0.05, 0.1) is 67.1 Å². The van der Waals surface area contributed by atoms with Crippen molar-refractivity contribution in [1.82, 2.24) is 19.1 Å². The molecule has 0 aliphatic rings. The molecule has 0 fully saturated rings. The maximum Gasteiger partial charge on any atom is 0.416 e. The van der Waals surface area contributed by atoms with Crippen molar-refractivity contribution in [2.75, 3.05) is 0 Å². The summed E-state index contributed by atoms with van der Waals surface area (Å²) >= 11 is 0. The molecule has 3 aromatic heterocycles. The highest BCUT2D eigenvalue weighted by Gasteiger charge is 2.36. The standard InChI is InChI=1S/C56H30F12N4/c57-53(58,59)34-16-21-48-40(26-34)41-27-35(54(60,61)62)17-22-49(41)71(48)46-14-8-7-13-38(46)39-25-33(52-69-44(31-9-3-1-4-10-31)30-45(70-52)32-11-5-2-6-12-32)15-20-47(39)72-50-23-18-36(55(63,64)65)28-42(50)43-29-37(56(66,67)68)19-24-51(43)72/h1-30H. The van der Waals surface area contributed by atoms with E-state index in [0.29, 0.717) is 22.5 Å². The Morgan fingerprint density at radius 2 is 0.639 bits per heavy atom. The minimum absolute atomic E-state index is 0.0914. The first kappa shape index (κ1) is 46.0. The predicted molar refractivity (Wildman–Crippen MR) is 252 cm³/mol. The number of nitrogens with zero attached hydrogens (tertiary/aromatic N) is 4. The second-order valence-corrected chi connectivity index (χ2v) is 17.0. The van der Waals surface area contributed by atoms with E-state index in [1.165, 1.54) is 9.13 Å². The molecule has 3 heterocycles. The minimum Gasteiger partial charge on any atom is -0.309 e. The van der Waals surface area contributed by atoms with Crippen molar-refractivity contribution in [3.8, 4) is 56.4 Å². The third-order valence-corrected chi connectivity index (χ3v) is 12.6. The Balaban J connectivity index is 1.24. The number of hydrogen-bond donors (Lipinski definition) is 0. The highest BCUT2D eigenvalue weighted by molar-refractivity contribution is 6.12. The fraction of sp³-hybridized carbons (Fsp3) is 0.0714. The first-order chi connectivity index (χ1) is 34.2. The Morgan fingerprint density at radius 3 is 1.01 bits per heavy atom. The van der Waals surface area contributed by atoms with E-state index in [1.807, 2.05) is 66.7 Å². The lowest BCUT2D eigenvalue weighted by molar-refractivity contribution is -0.138. The van der Waals surface area contributed by atoms with Crippen molar-refractivity contribution in [2.45, 2.75) is 24.7 Å². The summed E-state index contributed by atoms with van der Waals surface area (Å²) in [5, 5.41) is -0.580. The van der Waals surface area contributed by atoms with Gasteiger partial charge in [-0.2, -0.15) is 52.7 Å². The van der Waals surface area contributed by atoms with Crippen LogP contribution in [-0.2, 0) is 24.7 Å². The molecular formula is C56H30F12N4. The summed E-state index contributed by atoms with van der Waals surface area (Å²) in [6, 6.07) is 42.9. The fourth-order valence-electron chi connectivity index (χ4n) is 9.34. The second-order valence-electron chi connectivity index (χ2n) is 17.0. The maximum atomic E-state index is 14.3. The van der Waals surface area contributed by atoms with E-state index in [9.17, 15) is 52.7 Å². The maximum absolute atomic E-state index is 14.3. The molecule has 0 saturated heterocycles. The van der Waals surface area contributed by atoms with Gasteiger partial charge in [0.2, 0.25) is 0 Å². The van der Waals surface area contributed by atoms with Crippen LogP contribution in [0.4, 0.5) is 52.7 Å². The molecule has 0 spiro atoms. The van der Waals surface area contributed by atoms with E-state index < -0.39 is 47.0 Å². The van der Waals surface area contributed by atoms with E-state index in [0.717, 1.165) is 83.9 Å². The first-order valence-electron chi connectivity index (χ1n) is 21.9. The van der Waals surface area contributed by atoms with E-state index in [-0.39, 0.29) is 66.4 Å². The van der Waals surface area contributed by atoms with Crippen LogP contribution in [0.15, 0.2) is 182 Å². The molecule has 0 aliphatic heterocycles. The van der Waals surface area contributed by atoms with Gasteiger partial charge in [0, 0.05) is 49.4 Å². The number of alkyl halides is 12. The zero-order valence-corrected chi connectivity index (χ0v) is 36.6. The third kappa shape index (κ3) is 8.05. The van der Waals surface area contributed by atoms with Crippen LogP contribution in [-0.4, -0.2) is 19.1 Å². The van der Waals surface area contributed by atoms with Crippen molar-refractivity contribution >= 4 is 43.6 Å². The number of para-hydroxylation sites is 1. The van der Waals surface area contributed by atoms with Crippen LogP contribution in [0.5, 0.6) is 0 Å². The largest absolute Gasteiger partial charge is 0.416 e. The molecule has 0 atom stereocenters. The molecule has 0 unspecified atom stereocenters. The number of halogens is 12. The van der Waals surface area contributed by atoms with E-state index in [1.54, 1.807) is 42.5 Å². The smallest absolute Gasteiger partial charge is 0.309 e. The van der Waals surface area contributed by atoms with Gasteiger partial charge >= 0.3 is 24.7 Å². The quantitative estimate of drug-likeness (QED) is 0.156. The summed E-state index contributed by atoms with van der Waals surface area (Å²) in [5.41, 5.74) is 0.00510. The molecule has 0 radical (unpaired) electrons. The topological polar surface area (TPSA) is 35.6 Å².